The van der Waals surface area contributed by atoms with Crippen LogP contribution in [0.25, 0.3) is 22.2 Å². The molecule has 0 radical (unpaired) electrons. The predicted molar refractivity (Wildman–Crippen MR) is 143 cm³/mol. The second-order valence-electron chi connectivity index (χ2n) is 11.4. The summed E-state index contributed by atoms with van der Waals surface area (Å²) in [5.41, 5.74) is 10.4. The van der Waals surface area contributed by atoms with Gasteiger partial charge in [-0.2, -0.15) is 4.57 Å². The van der Waals surface area contributed by atoms with E-state index in [1.54, 1.807) is 16.7 Å². The first-order valence-electron chi connectivity index (χ1n) is 13.9. The number of rotatable bonds is 6. The summed E-state index contributed by atoms with van der Waals surface area (Å²) >= 11 is 0. The highest BCUT2D eigenvalue weighted by Gasteiger charge is 2.53. The number of allylic oxidation sites excluding steroid dienone is 1. The van der Waals surface area contributed by atoms with Gasteiger partial charge in [-0.1, -0.05) is 57.4 Å². The third-order valence-electron chi connectivity index (χ3n) is 9.56. The molecule has 1 nitrogen and oxygen atoms in total. The molecular weight excluding hydrogens is 410 g/mol. The molecule has 6 rings (SSSR count). The van der Waals surface area contributed by atoms with Crippen LogP contribution in [0.5, 0.6) is 0 Å². The number of aromatic nitrogens is 1. The fourth-order valence-corrected chi connectivity index (χ4v) is 8.09. The molecule has 2 aliphatic carbocycles. The first-order chi connectivity index (χ1) is 16.6. The summed E-state index contributed by atoms with van der Waals surface area (Å²) in [6.07, 6.45) is 14.1. The number of unbranched alkanes of at least 4 members (excludes halogenated alkanes) is 1. The number of aryl methyl sites for hydroxylation is 2. The van der Waals surface area contributed by atoms with E-state index in [2.05, 4.69) is 80.5 Å². The maximum atomic E-state index is 4.43. The molecule has 4 atom stereocenters. The molecule has 0 saturated heterocycles. The Hall–Kier alpha value is -2.41. The molecule has 1 heteroatoms. The molecule has 1 aromatic heterocycles. The minimum atomic E-state index is 0.0493. The van der Waals surface area contributed by atoms with Crippen LogP contribution in [-0.2, 0) is 11.8 Å². The molecule has 0 N–H and O–H groups in total. The summed E-state index contributed by atoms with van der Waals surface area (Å²) in [6, 6.07) is 17.3. The third kappa shape index (κ3) is 3.08. The summed E-state index contributed by atoms with van der Waals surface area (Å²) in [5, 5.41) is 1.49. The van der Waals surface area contributed by atoms with Crippen LogP contribution in [0.1, 0.15) is 99.4 Å². The summed E-state index contributed by atoms with van der Waals surface area (Å²) in [4.78, 5) is 0. The van der Waals surface area contributed by atoms with E-state index in [9.17, 15) is 0 Å². The Morgan fingerprint density at radius 2 is 2.00 bits per heavy atom. The van der Waals surface area contributed by atoms with Gasteiger partial charge in [0.1, 0.15) is 0 Å². The Bertz CT molecular complexity index is 1270. The Balaban J connectivity index is 1.54. The SMILES string of the molecule is C=CC12CCc3cc(C)cc(c31)-c1ccc3c(C4CCC(CCCC)C4)cccc3[n+]1C2CC. The number of nitrogens with zero attached hydrogens (tertiary/aromatic N) is 1. The number of fused-ring (bicyclic) bond motifs is 4. The highest BCUT2D eigenvalue weighted by atomic mass is 15.1. The zero-order chi connectivity index (χ0) is 23.4. The second-order valence-corrected chi connectivity index (χ2v) is 11.4. The quantitative estimate of drug-likeness (QED) is 0.262. The van der Waals surface area contributed by atoms with E-state index in [0.29, 0.717) is 12.0 Å². The molecule has 1 fully saturated rings. The summed E-state index contributed by atoms with van der Waals surface area (Å²) in [7, 11) is 0. The van der Waals surface area contributed by atoms with E-state index in [1.165, 1.54) is 79.1 Å². The fraction of sp³-hybridized carbons (Fsp3) is 0.485. The molecule has 4 unspecified atom stereocenters. The summed E-state index contributed by atoms with van der Waals surface area (Å²) in [5.74, 6) is 1.64. The van der Waals surface area contributed by atoms with E-state index in [0.717, 1.165) is 12.3 Å². The Morgan fingerprint density at radius 3 is 2.79 bits per heavy atom. The number of hydrogen-bond acceptors (Lipinski definition) is 0. The molecule has 34 heavy (non-hydrogen) atoms. The molecule has 2 aromatic carbocycles. The second kappa shape index (κ2) is 8.36. The number of benzene rings is 2. The van der Waals surface area contributed by atoms with Gasteiger partial charge in [0.25, 0.3) is 0 Å². The molecule has 1 aliphatic heterocycles. The predicted octanol–water partition coefficient (Wildman–Crippen LogP) is 8.51. The minimum Gasteiger partial charge on any atom is -0.187 e. The Kier molecular flexibility index (Phi) is 5.43. The highest BCUT2D eigenvalue weighted by Crippen LogP contribution is 2.54. The van der Waals surface area contributed by atoms with Crippen molar-refractivity contribution < 1.29 is 4.57 Å². The molecule has 0 spiro atoms. The Labute approximate surface area is 205 Å². The van der Waals surface area contributed by atoms with Crippen LogP contribution in [0.3, 0.4) is 0 Å². The van der Waals surface area contributed by atoms with Crippen molar-refractivity contribution in [2.24, 2.45) is 5.92 Å². The van der Waals surface area contributed by atoms with Crippen molar-refractivity contribution in [3.8, 4) is 11.3 Å². The van der Waals surface area contributed by atoms with Gasteiger partial charge in [0, 0.05) is 23.9 Å². The Morgan fingerprint density at radius 1 is 1.12 bits per heavy atom. The average Bonchev–Trinajstić information content (AvgIpc) is 3.48. The zero-order valence-electron chi connectivity index (χ0n) is 21.4. The lowest BCUT2D eigenvalue weighted by Gasteiger charge is -2.37. The molecule has 2 heterocycles. The topological polar surface area (TPSA) is 3.88 Å². The third-order valence-corrected chi connectivity index (χ3v) is 9.56. The van der Waals surface area contributed by atoms with E-state index in [4.69, 9.17) is 0 Å². The van der Waals surface area contributed by atoms with Crippen molar-refractivity contribution in [1.29, 1.82) is 0 Å². The van der Waals surface area contributed by atoms with Crippen LogP contribution in [0.4, 0.5) is 0 Å². The van der Waals surface area contributed by atoms with Gasteiger partial charge in [0.05, 0.1) is 11.0 Å². The van der Waals surface area contributed by atoms with Gasteiger partial charge in [-0.15, -0.1) is 6.58 Å². The molecular formula is C33H40N+. The van der Waals surface area contributed by atoms with Crippen LogP contribution in [0.2, 0.25) is 0 Å². The van der Waals surface area contributed by atoms with Crippen molar-refractivity contribution in [2.45, 2.75) is 95.9 Å². The van der Waals surface area contributed by atoms with Crippen LogP contribution in [0.15, 0.2) is 55.1 Å². The van der Waals surface area contributed by atoms with Gasteiger partial charge >= 0.3 is 0 Å². The standard InChI is InChI=1S/C33H40N/c1-5-8-10-23-13-14-24(21-23)26-11-9-12-29-27(26)15-16-30-28-20-22(4)19-25-17-18-33(7-3,32(25)28)31(6-2)34(29)30/h7,9,11-12,15-16,19-20,23-24,31H,3,5-6,8,10,13-14,17-18,21H2,1-2,4H3/q+1. The maximum absolute atomic E-state index is 4.43. The van der Waals surface area contributed by atoms with Crippen LogP contribution < -0.4 is 4.57 Å². The normalized spacial score (nSPS) is 27.1. The van der Waals surface area contributed by atoms with Gasteiger partial charge in [-0.05, 0) is 85.3 Å². The molecule has 0 bridgehead atoms. The molecule has 3 aromatic rings. The molecule has 1 saturated carbocycles. The first kappa shape index (κ1) is 22.1. The number of pyridine rings is 1. The maximum Gasteiger partial charge on any atom is 0.213 e. The van der Waals surface area contributed by atoms with E-state index in [1.807, 2.05) is 0 Å². The van der Waals surface area contributed by atoms with Crippen molar-refractivity contribution in [3.63, 3.8) is 0 Å². The average molecular weight is 451 g/mol. The van der Waals surface area contributed by atoms with Crippen molar-refractivity contribution in [3.05, 3.63) is 77.4 Å². The largest absolute Gasteiger partial charge is 0.213 e. The minimum absolute atomic E-state index is 0.0493. The summed E-state index contributed by atoms with van der Waals surface area (Å²) in [6.45, 7) is 11.4. The molecule has 3 aliphatic rings. The van der Waals surface area contributed by atoms with Crippen LogP contribution in [0, 0.1) is 12.8 Å². The van der Waals surface area contributed by atoms with Gasteiger partial charge in [0.2, 0.25) is 11.2 Å². The first-order valence-corrected chi connectivity index (χ1v) is 13.9. The van der Waals surface area contributed by atoms with Crippen molar-refractivity contribution in [2.75, 3.05) is 0 Å². The zero-order valence-corrected chi connectivity index (χ0v) is 21.4. The van der Waals surface area contributed by atoms with Crippen molar-refractivity contribution in [1.82, 2.24) is 0 Å². The van der Waals surface area contributed by atoms with Gasteiger partial charge in [-0.3, -0.25) is 0 Å². The molecule has 176 valence electrons. The number of hydrogen-bond donors (Lipinski definition) is 0. The lowest BCUT2D eigenvalue weighted by atomic mass is 9.69. The van der Waals surface area contributed by atoms with E-state index >= 15 is 0 Å². The molecule has 0 amide bonds. The van der Waals surface area contributed by atoms with E-state index < -0.39 is 0 Å². The smallest absolute Gasteiger partial charge is 0.187 e. The van der Waals surface area contributed by atoms with Gasteiger partial charge < -0.3 is 0 Å². The monoisotopic (exact) mass is 450 g/mol. The van der Waals surface area contributed by atoms with Crippen molar-refractivity contribution >= 4 is 10.9 Å². The van der Waals surface area contributed by atoms with Crippen LogP contribution >= 0.6 is 0 Å². The lowest BCUT2D eigenvalue weighted by molar-refractivity contribution is -0.699. The van der Waals surface area contributed by atoms with Crippen LogP contribution in [-0.4, -0.2) is 0 Å². The van der Waals surface area contributed by atoms with Gasteiger partial charge in [0.15, 0.2) is 6.04 Å². The fourth-order valence-electron chi connectivity index (χ4n) is 8.09. The highest BCUT2D eigenvalue weighted by molar-refractivity contribution is 5.83. The van der Waals surface area contributed by atoms with Gasteiger partial charge in [-0.25, -0.2) is 0 Å². The summed E-state index contributed by atoms with van der Waals surface area (Å²) < 4.78 is 2.72. The lowest BCUT2D eigenvalue weighted by Crippen LogP contribution is -2.54. The van der Waals surface area contributed by atoms with E-state index in [-0.39, 0.29) is 5.41 Å².